The van der Waals surface area contributed by atoms with Crippen molar-refractivity contribution >= 4 is 17.0 Å². The molecular formula is C23H31N3O3. The molecule has 3 N–H and O–H groups in total. The topological polar surface area (TPSA) is 79.5 Å². The molecule has 1 heterocycles. The highest BCUT2D eigenvalue weighted by molar-refractivity contribution is 5.78. The molecule has 0 bridgehead atoms. The summed E-state index contributed by atoms with van der Waals surface area (Å²) in [5.41, 5.74) is 4.17. The fraction of sp³-hybridized carbons (Fsp3) is 0.435. The standard InChI is InChI=1S/C23H31N3O3/c1-16-13-17(23(2,3)4)9-10-21(16)29-15-18(28)14-26-20-8-6-5-7-19(20)25-22(26)24-11-12-27/h5-10,13,18,27-28H,11-12,14-15H2,1-4H3,(H,24,25). The van der Waals surface area contributed by atoms with Crippen LogP contribution in [0.5, 0.6) is 5.75 Å². The number of imidazole rings is 1. The van der Waals surface area contributed by atoms with E-state index in [-0.39, 0.29) is 18.6 Å². The van der Waals surface area contributed by atoms with Crippen LogP contribution in [0.1, 0.15) is 31.9 Å². The van der Waals surface area contributed by atoms with Crippen molar-refractivity contribution < 1.29 is 14.9 Å². The summed E-state index contributed by atoms with van der Waals surface area (Å²) in [4.78, 5) is 4.56. The summed E-state index contributed by atoms with van der Waals surface area (Å²) in [5, 5.41) is 22.8. The molecular weight excluding hydrogens is 366 g/mol. The second kappa shape index (κ2) is 8.84. The molecule has 3 rings (SSSR count). The van der Waals surface area contributed by atoms with Crippen LogP contribution in [-0.2, 0) is 12.0 Å². The minimum absolute atomic E-state index is 0.0126. The van der Waals surface area contributed by atoms with Crippen molar-refractivity contribution in [3.63, 3.8) is 0 Å². The lowest BCUT2D eigenvalue weighted by Gasteiger charge is -2.21. The van der Waals surface area contributed by atoms with Crippen LogP contribution >= 0.6 is 0 Å². The first-order valence-electron chi connectivity index (χ1n) is 10.0. The second-order valence-corrected chi connectivity index (χ2v) is 8.38. The number of rotatable bonds is 8. The van der Waals surface area contributed by atoms with Crippen molar-refractivity contribution in [3.05, 3.63) is 53.6 Å². The number of aliphatic hydroxyl groups is 2. The first-order valence-corrected chi connectivity index (χ1v) is 10.0. The second-order valence-electron chi connectivity index (χ2n) is 8.38. The molecule has 0 amide bonds. The van der Waals surface area contributed by atoms with Gasteiger partial charge >= 0.3 is 0 Å². The van der Waals surface area contributed by atoms with Crippen LogP contribution in [0.15, 0.2) is 42.5 Å². The van der Waals surface area contributed by atoms with Gasteiger partial charge < -0.3 is 24.8 Å². The van der Waals surface area contributed by atoms with Gasteiger partial charge in [-0.2, -0.15) is 0 Å². The number of hydrogen-bond donors (Lipinski definition) is 3. The van der Waals surface area contributed by atoms with Gasteiger partial charge in [0.2, 0.25) is 5.95 Å². The van der Waals surface area contributed by atoms with Crippen LogP contribution in [-0.4, -0.2) is 45.6 Å². The van der Waals surface area contributed by atoms with Gasteiger partial charge in [-0.25, -0.2) is 4.98 Å². The van der Waals surface area contributed by atoms with Gasteiger partial charge in [0.05, 0.1) is 24.2 Å². The first kappa shape index (κ1) is 21.1. The third-order valence-electron chi connectivity index (χ3n) is 4.91. The van der Waals surface area contributed by atoms with Crippen molar-refractivity contribution in [1.82, 2.24) is 9.55 Å². The molecule has 2 aromatic carbocycles. The summed E-state index contributed by atoms with van der Waals surface area (Å²) in [6, 6.07) is 14.0. The number of nitrogens with zero attached hydrogens (tertiary/aromatic N) is 2. The van der Waals surface area contributed by atoms with E-state index in [1.165, 1.54) is 5.56 Å². The molecule has 0 saturated heterocycles. The maximum absolute atomic E-state index is 10.6. The zero-order chi connectivity index (χ0) is 21.0. The SMILES string of the molecule is Cc1cc(C(C)(C)C)ccc1OCC(O)Cn1c(NCCO)nc2ccccc21. The molecule has 29 heavy (non-hydrogen) atoms. The van der Waals surface area contributed by atoms with Crippen LogP contribution < -0.4 is 10.1 Å². The predicted octanol–water partition coefficient (Wildman–Crippen LogP) is 3.49. The fourth-order valence-electron chi connectivity index (χ4n) is 3.29. The number of ether oxygens (including phenoxy) is 1. The Hall–Kier alpha value is -2.57. The molecule has 1 atom stereocenters. The zero-order valence-electron chi connectivity index (χ0n) is 17.6. The van der Waals surface area contributed by atoms with E-state index >= 15 is 0 Å². The summed E-state index contributed by atoms with van der Waals surface area (Å²) in [7, 11) is 0. The normalized spacial score (nSPS) is 12.9. The molecule has 156 valence electrons. The highest BCUT2D eigenvalue weighted by Gasteiger charge is 2.17. The van der Waals surface area contributed by atoms with Crippen molar-refractivity contribution in [3.8, 4) is 5.75 Å². The van der Waals surface area contributed by atoms with Crippen molar-refractivity contribution in [1.29, 1.82) is 0 Å². The monoisotopic (exact) mass is 397 g/mol. The summed E-state index contributed by atoms with van der Waals surface area (Å²) < 4.78 is 7.83. The average molecular weight is 398 g/mol. The van der Waals surface area contributed by atoms with Gasteiger partial charge in [-0.15, -0.1) is 0 Å². The van der Waals surface area contributed by atoms with Gasteiger partial charge in [-0.05, 0) is 41.7 Å². The van der Waals surface area contributed by atoms with Crippen molar-refractivity contribution in [2.75, 3.05) is 25.1 Å². The molecule has 1 aromatic heterocycles. The van der Waals surface area contributed by atoms with E-state index in [9.17, 15) is 5.11 Å². The maximum atomic E-state index is 10.6. The number of anilines is 1. The third kappa shape index (κ3) is 5.08. The number of aromatic nitrogens is 2. The molecule has 0 aliphatic heterocycles. The number of nitrogens with one attached hydrogen (secondary N) is 1. The number of aliphatic hydroxyl groups excluding tert-OH is 2. The first-order chi connectivity index (χ1) is 13.8. The van der Waals surface area contributed by atoms with Crippen molar-refractivity contribution in [2.24, 2.45) is 0 Å². The molecule has 0 aliphatic rings. The molecule has 0 saturated carbocycles. The van der Waals surface area contributed by atoms with Crippen LogP contribution in [0, 0.1) is 6.92 Å². The van der Waals surface area contributed by atoms with E-state index in [0.717, 1.165) is 22.3 Å². The summed E-state index contributed by atoms with van der Waals surface area (Å²) in [6.07, 6.45) is -0.705. The molecule has 0 aliphatic carbocycles. The number of hydrogen-bond acceptors (Lipinski definition) is 5. The Bertz CT molecular complexity index is 960. The summed E-state index contributed by atoms with van der Waals surface area (Å²) in [6.45, 7) is 9.51. The molecule has 0 fully saturated rings. The van der Waals surface area contributed by atoms with E-state index < -0.39 is 6.10 Å². The molecule has 0 spiro atoms. The molecule has 0 radical (unpaired) electrons. The highest BCUT2D eigenvalue weighted by atomic mass is 16.5. The van der Waals surface area contributed by atoms with Crippen LogP contribution in [0.4, 0.5) is 5.95 Å². The highest BCUT2D eigenvalue weighted by Crippen LogP contribution is 2.28. The van der Waals surface area contributed by atoms with Crippen LogP contribution in [0.2, 0.25) is 0 Å². The third-order valence-corrected chi connectivity index (χ3v) is 4.91. The van der Waals surface area contributed by atoms with Crippen molar-refractivity contribution in [2.45, 2.75) is 45.8 Å². The smallest absolute Gasteiger partial charge is 0.204 e. The quantitative estimate of drug-likeness (QED) is 0.542. The van der Waals surface area contributed by atoms with Gasteiger partial charge in [0.15, 0.2) is 0 Å². The fourth-order valence-corrected chi connectivity index (χ4v) is 3.29. The Labute approximate surface area is 172 Å². The Morgan fingerprint density at radius 1 is 1.17 bits per heavy atom. The van der Waals surface area contributed by atoms with Gasteiger partial charge in [0.25, 0.3) is 0 Å². The molecule has 6 nitrogen and oxygen atoms in total. The minimum atomic E-state index is -0.705. The van der Waals surface area contributed by atoms with E-state index in [2.05, 4.69) is 43.2 Å². The lowest BCUT2D eigenvalue weighted by molar-refractivity contribution is 0.0935. The number of benzene rings is 2. The molecule has 6 heteroatoms. The maximum Gasteiger partial charge on any atom is 0.204 e. The van der Waals surface area contributed by atoms with Gasteiger partial charge in [-0.3, -0.25) is 0 Å². The molecule has 1 unspecified atom stereocenters. The molecule has 3 aromatic rings. The number of para-hydroxylation sites is 2. The van der Waals surface area contributed by atoms with E-state index in [0.29, 0.717) is 19.0 Å². The zero-order valence-corrected chi connectivity index (χ0v) is 17.6. The Balaban J connectivity index is 1.70. The van der Waals surface area contributed by atoms with Gasteiger partial charge in [0.1, 0.15) is 18.5 Å². The lowest BCUT2D eigenvalue weighted by Crippen LogP contribution is -2.25. The van der Waals surface area contributed by atoms with E-state index in [4.69, 9.17) is 9.84 Å². The Morgan fingerprint density at radius 2 is 1.93 bits per heavy atom. The number of fused-ring (bicyclic) bond motifs is 1. The predicted molar refractivity (Wildman–Crippen MR) is 117 cm³/mol. The number of aryl methyl sites for hydroxylation is 1. The summed E-state index contributed by atoms with van der Waals surface area (Å²) in [5.74, 6) is 1.41. The Kier molecular flexibility index (Phi) is 6.45. The minimum Gasteiger partial charge on any atom is -0.491 e. The van der Waals surface area contributed by atoms with E-state index in [1.807, 2.05) is 41.8 Å². The van der Waals surface area contributed by atoms with Gasteiger partial charge in [-0.1, -0.05) is 45.0 Å². The Morgan fingerprint density at radius 3 is 2.62 bits per heavy atom. The summed E-state index contributed by atoms with van der Waals surface area (Å²) >= 11 is 0. The van der Waals surface area contributed by atoms with Gasteiger partial charge in [0, 0.05) is 6.54 Å². The van der Waals surface area contributed by atoms with Crippen LogP contribution in [0.25, 0.3) is 11.0 Å². The lowest BCUT2D eigenvalue weighted by atomic mass is 9.86. The largest absolute Gasteiger partial charge is 0.491 e. The van der Waals surface area contributed by atoms with E-state index in [1.54, 1.807) is 0 Å². The average Bonchev–Trinajstić information content (AvgIpc) is 3.02. The van der Waals surface area contributed by atoms with Crippen LogP contribution in [0.3, 0.4) is 0 Å².